The molecule has 0 N–H and O–H groups in total. The smallest absolute Gasteiger partial charge is 0.226 e. The number of hydrogen-bond acceptors (Lipinski definition) is 3. The van der Waals surface area contributed by atoms with E-state index in [4.69, 9.17) is 11.6 Å². The summed E-state index contributed by atoms with van der Waals surface area (Å²) in [6.45, 7) is 2.92. The zero-order valence-electron chi connectivity index (χ0n) is 13.1. The molecule has 1 aliphatic carbocycles. The first-order valence-electron chi connectivity index (χ1n) is 7.97. The molecular formula is C17H24ClNO2S. The van der Waals surface area contributed by atoms with Crippen molar-refractivity contribution < 1.29 is 9.59 Å². The van der Waals surface area contributed by atoms with Crippen molar-refractivity contribution in [2.75, 3.05) is 18.8 Å². The van der Waals surface area contributed by atoms with Crippen molar-refractivity contribution in [1.82, 2.24) is 4.90 Å². The first-order chi connectivity index (χ1) is 10.5. The summed E-state index contributed by atoms with van der Waals surface area (Å²) < 4.78 is 0. The number of piperidine rings is 1. The van der Waals surface area contributed by atoms with Gasteiger partial charge in [-0.1, -0.05) is 23.8 Å². The Labute approximate surface area is 143 Å². The van der Waals surface area contributed by atoms with Crippen molar-refractivity contribution in [3.63, 3.8) is 0 Å². The average molecular weight is 342 g/mol. The van der Waals surface area contributed by atoms with E-state index < -0.39 is 0 Å². The molecule has 22 heavy (non-hydrogen) atoms. The molecule has 5 heteroatoms. The van der Waals surface area contributed by atoms with Crippen LogP contribution >= 0.6 is 24.2 Å². The number of carbonyl (C=O) groups excluding carboxylic acids is 2. The monoisotopic (exact) mass is 341 g/mol. The van der Waals surface area contributed by atoms with Gasteiger partial charge < -0.3 is 4.90 Å². The summed E-state index contributed by atoms with van der Waals surface area (Å²) >= 11 is 10.6. The summed E-state index contributed by atoms with van der Waals surface area (Å²) in [5, 5.41) is 0.863. The molecule has 0 radical (unpaired) electrons. The molecule has 1 fully saturated rings. The molecule has 0 saturated carbocycles. The fourth-order valence-electron chi connectivity index (χ4n) is 3.13. The van der Waals surface area contributed by atoms with E-state index in [0.717, 1.165) is 42.8 Å². The van der Waals surface area contributed by atoms with Crippen LogP contribution in [0.25, 0.3) is 0 Å². The zero-order chi connectivity index (χ0) is 16.1. The van der Waals surface area contributed by atoms with Gasteiger partial charge in [0.05, 0.1) is 5.92 Å². The Morgan fingerprint density at radius 2 is 2.27 bits per heavy atom. The second-order valence-electron chi connectivity index (χ2n) is 6.19. The molecule has 2 aliphatic rings. The fraction of sp³-hybridized carbons (Fsp3) is 0.647. The first-order valence-corrected chi connectivity index (χ1v) is 8.98. The minimum absolute atomic E-state index is 0.00403. The molecule has 0 aromatic heterocycles. The molecule has 0 aromatic rings. The molecule has 122 valence electrons. The summed E-state index contributed by atoms with van der Waals surface area (Å²) in [6, 6.07) is 0. The lowest BCUT2D eigenvalue weighted by Crippen LogP contribution is -2.45. The van der Waals surface area contributed by atoms with Gasteiger partial charge >= 0.3 is 0 Å². The predicted octanol–water partition coefficient (Wildman–Crippen LogP) is 3.59. The minimum atomic E-state index is -0.166. The van der Waals surface area contributed by atoms with Gasteiger partial charge in [0.25, 0.3) is 0 Å². The molecule has 1 heterocycles. The topological polar surface area (TPSA) is 37.4 Å². The van der Waals surface area contributed by atoms with Gasteiger partial charge in [0, 0.05) is 29.8 Å². The average Bonchev–Trinajstić information content (AvgIpc) is 2.53. The number of carbonyl (C=O) groups is 2. The molecule has 1 saturated heterocycles. The molecule has 0 aromatic carbocycles. The van der Waals surface area contributed by atoms with Gasteiger partial charge in [-0.15, -0.1) is 0 Å². The number of ketones is 1. The first kappa shape index (κ1) is 17.6. The lowest BCUT2D eigenvalue weighted by atomic mass is 9.91. The quantitative estimate of drug-likeness (QED) is 0.776. The number of allylic oxidation sites excluding steroid dienone is 4. The van der Waals surface area contributed by atoms with Gasteiger partial charge in [-0.2, -0.15) is 12.6 Å². The van der Waals surface area contributed by atoms with Crippen LogP contribution in [0.4, 0.5) is 0 Å². The highest BCUT2D eigenvalue weighted by atomic mass is 35.5. The molecular weight excluding hydrogens is 318 g/mol. The van der Waals surface area contributed by atoms with E-state index in [0.29, 0.717) is 18.7 Å². The number of rotatable bonds is 5. The highest BCUT2D eigenvalue weighted by molar-refractivity contribution is 7.80. The fourth-order valence-corrected chi connectivity index (χ4v) is 3.66. The summed E-state index contributed by atoms with van der Waals surface area (Å²) in [5.74, 6) is 0.621. The van der Waals surface area contributed by atoms with Gasteiger partial charge in [-0.25, -0.2) is 0 Å². The summed E-state index contributed by atoms with van der Waals surface area (Å²) in [4.78, 5) is 26.2. The van der Waals surface area contributed by atoms with Crippen LogP contribution < -0.4 is 0 Å². The van der Waals surface area contributed by atoms with E-state index in [1.165, 1.54) is 0 Å². The maximum Gasteiger partial charge on any atom is 0.226 e. The largest absolute Gasteiger partial charge is 0.342 e. The van der Waals surface area contributed by atoms with E-state index in [2.05, 4.69) is 18.7 Å². The van der Waals surface area contributed by atoms with Crippen LogP contribution in [0, 0.1) is 11.8 Å². The Hall–Kier alpha value is -0.740. The third kappa shape index (κ3) is 4.39. The number of Topliss-reactive ketones (excluding diaryl/α,β-unsaturated/α-hetero) is 1. The third-order valence-electron chi connectivity index (χ3n) is 4.54. The number of nitrogens with zero attached hydrogens (tertiary/aromatic N) is 1. The number of halogens is 1. The van der Waals surface area contributed by atoms with Gasteiger partial charge in [0.1, 0.15) is 5.78 Å². The molecule has 1 amide bonds. The molecule has 2 rings (SSSR count). The van der Waals surface area contributed by atoms with Crippen LogP contribution in [0.15, 0.2) is 22.8 Å². The summed E-state index contributed by atoms with van der Waals surface area (Å²) in [5.41, 5.74) is 1.06. The van der Waals surface area contributed by atoms with E-state index in [9.17, 15) is 9.59 Å². The SMILES string of the molecule is CC(=O)C1CCCN(C(=O)C(CS)CC2=C(Cl)CCC=C2)C1. The normalized spacial score (nSPS) is 23.6. The van der Waals surface area contributed by atoms with Crippen molar-refractivity contribution in [2.45, 2.75) is 39.0 Å². The van der Waals surface area contributed by atoms with Crippen LogP contribution in [-0.4, -0.2) is 35.4 Å². The molecule has 3 nitrogen and oxygen atoms in total. The minimum Gasteiger partial charge on any atom is -0.342 e. The number of likely N-dealkylation sites (tertiary alicyclic amines) is 1. The van der Waals surface area contributed by atoms with Crippen molar-refractivity contribution in [2.24, 2.45) is 11.8 Å². The van der Waals surface area contributed by atoms with Gasteiger partial charge in [-0.05, 0) is 44.6 Å². The Bertz CT molecular complexity index is 501. The second kappa shape index (κ2) is 8.21. The number of hydrogen-bond donors (Lipinski definition) is 1. The van der Waals surface area contributed by atoms with E-state index in [1.54, 1.807) is 6.92 Å². The Kier molecular flexibility index (Phi) is 6.57. The number of thiol groups is 1. The van der Waals surface area contributed by atoms with Crippen molar-refractivity contribution in [1.29, 1.82) is 0 Å². The Morgan fingerprint density at radius 3 is 2.91 bits per heavy atom. The Morgan fingerprint density at radius 1 is 1.50 bits per heavy atom. The Balaban J connectivity index is 2.02. The standard InChI is InChI=1S/C17H24ClNO2S/c1-12(20)14-6-4-8-19(10-14)17(21)15(11-22)9-13-5-2-3-7-16(13)18/h2,5,14-15,22H,3-4,6-11H2,1H3. The van der Waals surface area contributed by atoms with Crippen LogP contribution in [0.3, 0.4) is 0 Å². The lowest BCUT2D eigenvalue weighted by Gasteiger charge is -2.34. The van der Waals surface area contributed by atoms with Crippen LogP contribution in [0.1, 0.15) is 39.0 Å². The van der Waals surface area contributed by atoms with Gasteiger partial charge in [0.15, 0.2) is 0 Å². The molecule has 0 spiro atoms. The van der Waals surface area contributed by atoms with Crippen molar-refractivity contribution in [3.8, 4) is 0 Å². The van der Waals surface area contributed by atoms with E-state index in [-0.39, 0.29) is 23.5 Å². The van der Waals surface area contributed by atoms with Crippen LogP contribution in [0.2, 0.25) is 0 Å². The highest BCUT2D eigenvalue weighted by Crippen LogP contribution is 2.29. The van der Waals surface area contributed by atoms with Gasteiger partial charge in [0.2, 0.25) is 5.91 Å². The second-order valence-corrected chi connectivity index (χ2v) is 7.01. The van der Waals surface area contributed by atoms with E-state index in [1.807, 2.05) is 11.0 Å². The maximum atomic E-state index is 12.8. The number of amides is 1. The predicted molar refractivity (Wildman–Crippen MR) is 93.2 cm³/mol. The maximum absolute atomic E-state index is 12.8. The van der Waals surface area contributed by atoms with Gasteiger partial charge in [-0.3, -0.25) is 9.59 Å². The molecule has 0 bridgehead atoms. The summed E-state index contributed by atoms with van der Waals surface area (Å²) in [6.07, 6.45) is 8.39. The molecule has 2 unspecified atom stereocenters. The zero-order valence-corrected chi connectivity index (χ0v) is 14.7. The molecule has 2 atom stereocenters. The van der Waals surface area contributed by atoms with Crippen molar-refractivity contribution >= 4 is 35.9 Å². The van der Waals surface area contributed by atoms with Crippen molar-refractivity contribution in [3.05, 3.63) is 22.8 Å². The van der Waals surface area contributed by atoms with Crippen LogP contribution in [0.5, 0.6) is 0 Å². The highest BCUT2D eigenvalue weighted by Gasteiger charge is 2.30. The molecule has 1 aliphatic heterocycles. The summed E-state index contributed by atoms with van der Waals surface area (Å²) in [7, 11) is 0. The third-order valence-corrected chi connectivity index (χ3v) is 5.41. The van der Waals surface area contributed by atoms with E-state index >= 15 is 0 Å². The lowest BCUT2D eigenvalue weighted by molar-refractivity contribution is -0.137. The van der Waals surface area contributed by atoms with Crippen LogP contribution in [-0.2, 0) is 9.59 Å².